The molecule has 0 N–H and O–H groups in total. The van der Waals surface area contributed by atoms with Crippen LogP contribution in [0.3, 0.4) is 0 Å². The van der Waals surface area contributed by atoms with Crippen LogP contribution in [0.1, 0.15) is 22.4 Å². The predicted octanol–water partition coefficient (Wildman–Crippen LogP) is 3.94. The summed E-state index contributed by atoms with van der Waals surface area (Å²) in [6.07, 6.45) is 0. The molecule has 2 aromatic rings. The number of nitrogens with zero attached hydrogens (tertiary/aromatic N) is 3. The molecule has 1 heterocycles. The summed E-state index contributed by atoms with van der Waals surface area (Å²) >= 11 is 5.87. The summed E-state index contributed by atoms with van der Waals surface area (Å²) in [7, 11) is 0. The molecule has 6 heteroatoms. The predicted molar refractivity (Wildman–Crippen MR) is 78.1 cm³/mol. The first-order valence-electron chi connectivity index (χ1n) is 6.08. The Balaban J connectivity index is 2.86. The van der Waals surface area contributed by atoms with Gasteiger partial charge in [-0.1, -0.05) is 17.7 Å². The number of hydrogen-bond acceptors (Lipinski definition) is 4. The van der Waals surface area contributed by atoms with Crippen LogP contribution in [-0.4, -0.2) is 14.9 Å². The molecular formula is C14H14ClN3O2. The molecule has 104 valence electrons. The average Bonchev–Trinajstić information content (AvgIpc) is 2.25. The van der Waals surface area contributed by atoms with Crippen LogP contribution in [0, 0.1) is 37.8 Å². The maximum Gasteiger partial charge on any atom is 0.316 e. The third-order valence-corrected chi connectivity index (χ3v) is 3.30. The van der Waals surface area contributed by atoms with E-state index in [1.54, 1.807) is 6.92 Å². The molecule has 0 unspecified atom stereocenters. The zero-order valence-electron chi connectivity index (χ0n) is 11.7. The Morgan fingerprint density at radius 1 is 1.10 bits per heavy atom. The molecule has 0 aliphatic heterocycles. The Labute approximate surface area is 121 Å². The largest absolute Gasteiger partial charge is 0.316 e. The Bertz CT molecular complexity index is 691. The molecule has 2 rings (SSSR count). The minimum Gasteiger partial charge on any atom is -0.258 e. The monoisotopic (exact) mass is 291 g/mol. The molecule has 1 aromatic heterocycles. The first-order valence-corrected chi connectivity index (χ1v) is 6.45. The zero-order valence-corrected chi connectivity index (χ0v) is 12.4. The van der Waals surface area contributed by atoms with Crippen molar-refractivity contribution in [2.45, 2.75) is 27.7 Å². The summed E-state index contributed by atoms with van der Waals surface area (Å²) in [4.78, 5) is 18.8. The maximum absolute atomic E-state index is 11.3. The van der Waals surface area contributed by atoms with Gasteiger partial charge in [0.2, 0.25) is 5.28 Å². The second-order valence-corrected chi connectivity index (χ2v) is 5.14. The van der Waals surface area contributed by atoms with Crippen molar-refractivity contribution in [3.63, 3.8) is 0 Å². The molecule has 0 amide bonds. The van der Waals surface area contributed by atoms with Crippen molar-refractivity contribution in [3.8, 4) is 11.3 Å². The number of halogens is 1. The SMILES string of the molecule is Cc1cc(C)c(-c2nc(Cl)nc(C)c2[N+](=O)[O-])c(C)c1. The second-order valence-electron chi connectivity index (χ2n) is 4.81. The second kappa shape index (κ2) is 5.17. The van der Waals surface area contributed by atoms with Crippen LogP contribution in [0.25, 0.3) is 11.3 Å². The molecule has 0 aliphatic carbocycles. The average molecular weight is 292 g/mol. The van der Waals surface area contributed by atoms with Crippen LogP contribution in [0.2, 0.25) is 5.28 Å². The Morgan fingerprint density at radius 3 is 2.15 bits per heavy atom. The van der Waals surface area contributed by atoms with Gasteiger partial charge < -0.3 is 0 Å². The highest BCUT2D eigenvalue weighted by atomic mass is 35.5. The number of aromatic nitrogens is 2. The lowest BCUT2D eigenvalue weighted by Gasteiger charge is -2.12. The first kappa shape index (κ1) is 14.4. The lowest BCUT2D eigenvalue weighted by atomic mass is 9.96. The van der Waals surface area contributed by atoms with Gasteiger partial charge in [-0.05, 0) is 50.4 Å². The van der Waals surface area contributed by atoms with Gasteiger partial charge in [0.1, 0.15) is 5.69 Å². The van der Waals surface area contributed by atoms with E-state index in [0.29, 0.717) is 0 Å². The van der Waals surface area contributed by atoms with E-state index in [4.69, 9.17) is 11.6 Å². The van der Waals surface area contributed by atoms with E-state index < -0.39 is 4.92 Å². The minimum atomic E-state index is -0.459. The van der Waals surface area contributed by atoms with Crippen LogP contribution in [0.4, 0.5) is 5.69 Å². The topological polar surface area (TPSA) is 68.9 Å². The van der Waals surface area contributed by atoms with Gasteiger partial charge in [0, 0.05) is 5.56 Å². The summed E-state index contributed by atoms with van der Waals surface area (Å²) in [6, 6.07) is 3.94. The Morgan fingerprint density at radius 2 is 1.65 bits per heavy atom. The van der Waals surface area contributed by atoms with Crippen molar-refractivity contribution >= 4 is 17.3 Å². The van der Waals surface area contributed by atoms with Crippen molar-refractivity contribution in [3.05, 3.63) is 49.9 Å². The molecule has 0 atom stereocenters. The third-order valence-electron chi connectivity index (χ3n) is 3.13. The van der Waals surface area contributed by atoms with Crippen LogP contribution in [0.5, 0.6) is 0 Å². The number of benzene rings is 1. The Hall–Kier alpha value is -2.01. The number of aryl methyl sites for hydroxylation is 4. The Kier molecular flexibility index (Phi) is 3.72. The fourth-order valence-electron chi connectivity index (χ4n) is 2.48. The molecule has 5 nitrogen and oxygen atoms in total. The van der Waals surface area contributed by atoms with Gasteiger partial charge in [-0.3, -0.25) is 10.1 Å². The number of hydrogen-bond donors (Lipinski definition) is 0. The standard InChI is InChI=1S/C14H14ClN3O2/c1-7-5-8(2)11(9(3)6-7)12-13(18(19)20)10(4)16-14(15)17-12/h5-6H,1-4H3. The molecule has 0 saturated heterocycles. The molecule has 0 radical (unpaired) electrons. The molecule has 0 fully saturated rings. The van der Waals surface area contributed by atoms with E-state index in [1.165, 1.54) is 0 Å². The fraction of sp³-hybridized carbons (Fsp3) is 0.286. The van der Waals surface area contributed by atoms with E-state index in [2.05, 4.69) is 9.97 Å². The zero-order chi connectivity index (χ0) is 15.0. The van der Waals surface area contributed by atoms with Crippen LogP contribution in [0.15, 0.2) is 12.1 Å². The van der Waals surface area contributed by atoms with Gasteiger partial charge in [-0.2, -0.15) is 0 Å². The van der Waals surface area contributed by atoms with Crippen LogP contribution < -0.4 is 0 Å². The summed E-state index contributed by atoms with van der Waals surface area (Å²) in [5.41, 5.74) is 4.16. The minimum absolute atomic E-state index is 0.0162. The molecular weight excluding hydrogens is 278 g/mol. The lowest BCUT2D eigenvalue weighted by Crippen LogP contribution is -2.03. The van der Waals surface area contributed by atoms with Crippen molar-refractivity contribution in [2.75, 3.05) is 0 Å². The number of nitro groups is 1. The normalized spacial score (nSPS) is 10.7. The van der Waals surface area contributed by atoms with E-state index >= 15 is 0 Å². The van der Waals surface area contributed by atoms with E-state index in [0.717, 1.165) is 22.3 Å². The molecule has 0 saturated carbocycles. The maximum atomic E-state index is 11.3. The lowest BCUT2D eigenvalue weighted by molar-refractivity contribution is -0.385. The van der Waals surface area contributed by atoms with E-state index in [-0.39, 0.29) is 22.4 Å². The molecule has 0 aliphatic rings. The van der Waals surface area contributed by atoms with Crippen molar-refractivity contribution in [1.29, 1.82) is 0 Å². The summed E-state index contributed by atoms with van der Waals surface area (Å²) < 4.78 is 0. The highest BCUT2D eigenvalue weighted by Gasteiger charge is 2.25. The molecule has 0 spiro atoms. The van der Waals surface area contributed by atoms with Gasteiger partial charge in [0.05, 0.1) is 4.92 Å². The molecule has 20 heavy (non-hydrogen) atoms. The van der Waals surface area contributed by atoms with Gasteiger partial charge >= 0.3 is 5.69 Å². The van der Waals surface area contributed by atoms with Crippen LogP contribution in [-0.2, 0) is 0 Å². The highest BCUT2D eigenvalue weighted by Crippen LogP contribution is 2.35. The summed E-state index contributed by atoms with van der Waals surface area (Å²) in [5, 5.41) is 11.3. The smallest absolute Gasteiger partial charge is 0.258 e. The van der Waals surface area contributed by atoms with Crippen molar-refractivity contribution in [1.82, 2.24) is 9.97 Å². The first-order chi connectivity index (χ1) is 9.31. The summed E-state index contributed by atoms with van der Waals surface area (Å²) in [5.74, 6) is 0. The molecule has 0 bridgehead atoms. The number of rotatable bonds is 2. The van der Waals surface area contributed by atoms with Gasteiger partial charge in [0.25, 0.3) is 0 Å². The van der Waals surface area contributed by atoms with Gasteiger partial charge in [-0.25, -0.2) is 9.97 Å². The fourth-order valence-corrected chi connectivity index (χ4v) is 2.69. The van der Waals surface area contributed by atoms with Crippen molar-refractivity contribution < 1.29 is 4.92 Å². The highest BCUT2D eigenvalue weighted by molar-refractivity contribution is 6.28. The summed E-state index contributed by atoms with van der Waals surface area (Å²) in [6.45, 7) is 7.36. The molecule has 1 aromatic carbocycles. The van der Waals surface area contributed by atoms with Crippen LogP contribution >= 0.6 is 11.6 Å². The quantitative estimate of drug-likeness (QED) is 0.477. The van der Waals surface area contributed by atoms with Crippen molar-refractivity contribution in [2.24, 2.45) is 0 Å². The van der Waals surface area contributed by atoms with E-state index in [9.17, 15) is 10.1 Å². The van der Waals surface area contributed by atoms with E-state index in [1.807, 2.05) is 32.9 Å². The van der Waals surface area contributed by atoms with Gasteiger partial charge in [0.15, 0.2) is 5.69 Å². The van der Waals surface area contributed by atoms with Gasteiger partial charge in [-0.15, -0.1) is 0 Å². The third kappa shape index (κ3) is 2.49.